The van der Waals surface area contributed by atoms with Gasteiger partial charge in [-0.3, -0.25) is 10.1 Å². The standard InChI is InChI=1S/C6H3BrN4O3/c7-4-1-3(11(13)14)2-5-6(4)8-9-10(5)12/h1-2,8H. The van der Waals surface area contributed by atoms with Crippen molar-refractivity contribution in [3.05, 3.63) is 31.9 Å². The van der Waals surface area contributed by atoms with E-state index in [0.717, 1.165) is 6.07 Å². The van der Waals surface area contributed by atoms with Crippen LogP contribution < -0.4 is 4.85 Å². The third kappa shape index (κ3) is 1.20. The second-order valence-electron chi connectivity index (χ2n) is 2.56. The molecule has 0 aliphatic carbocycles. The fourth-order valence-electron chi connectivity index (χ4n) is 1.09. The molecule has 1 aromatic heterocycles. The van der Waals surface area contributed by atoms with E-state index < -0.39 is 4.92 Å². The predicted molar refractivity (Wildman–Crippen MR) is 49.4 cm³/mol. The molecule has 0 bridgehead atoms. The lowest BCUT2D eigenvalue weighted by atomic mass is 10.3. The second kappa shape index (κ2) is 2.91. The van der Waals surface area contributed by atoms with Crippen molar-refractivity contribution in [2.45, 2.75) is 0 Å². The number of aromatic amines is 1. The van der Waals surface area contributed by atoms with Gasteiger partial charge in [0.15, 0.2) is 0 Å². The van der Waals surface area contributed by atoms with Crippen LogP contribution in [0.5, 0.6) is 0 Å². The number of aromatic nitrogens is 3. The number of hydrogen-bond donors (Lipinski definition) is 1. The zero-order chi connectivity index (χ0) is 10.3. The molecule has 1 N–H and O–H groups in total. The highest BCUT2D eigenvalue weighted by atomic mass is 79.9. The van der Waals surface area contributed by atoms with E-state index in [2.05, 4.69) is 26.2 Å². The Morgan fingerprint density at radius 1 is 1.57 bits per heavy atom. The van der Waals surface area contributed by atoms with Gasteiger partial charge in [0.2, 0.25) is 11.0 Å². The van der Waals surface area contributed by atoms with Crippen LogP contribution in [-0.4, -0.2) is 15.2 Å². The molecule has 0 aliphatic heterocycles. The van der Waals surface area contributed by atoms with Crippen molar-refractivity contribution in [2.75, 3.05) is 0 Å². The third-order valence-electron chi connectivity index (χ3n) is 1.72. The maximum Gasteiger partial charge on any atom is 0.275 e. The van der Waals surface area contributed by atoms with Crippen LogP contribution >= 0.6 is 15.9 Å². The van der Waals surface area contributed by atoms with Crippen LogP contribution in [0.25, 0.3) is 11.0 Å². The second-order valence-corrected chi connectivity index (χ2v) is 3.42. The minimum Gasteiger partial charge on any atom is -0.691 e. The molecular formula is C6H3BrN4O3. The fourth-order valence-corrected chi connectivity index (χ4v) is 1.62. The number of H-pyrrole nitrogens is 1. The van der Waals surface area contributed by atoms with Crippen molar-refractivity contribution in [2.24, 2.45) is 0 Å². The van der Waals surface area contributed by atoms with Crippen molar-refractivity contribution in [3.63, 3.8) is 0 Å². The smallest absolute Gasteiger partial charge is 0.275 e. The van der Waals surface area contributed by atoms with Gasteiger partial charge in [-0.1, -0.05) is 0 Å². The highest BCUT2D eigenvalue weighted by Gasteiger charge is 2.17. The van der Waals surface area contributed by atoms with Crippen molar-refractivity contribution >= 4 is 32.7 Å². The number of nitrogens with zero attached hydrogens (tertiary/aromatic N) is 3. The Morgan fingerprint density at radius 2 is 2.29 bits per heavy atom. The average molecular weight is 259 g/mol. The molecular weight excluding hydrogens is 256 g/mol. The van der Waals surface area contributed by atoms with E-state index in [1.165, 1.54) is 6.07 Å². The van der Waals surface area contributed by atoms with Gasteiger partial charge in [0.05, 0.1) is 20.7 Å². The summed E-state index contributed by atoms with van der Waals surface area (Å²) >= 11 is 3.10. The number of rotatable bonds is 1. The van der Waals surface area contributed by atoms with Gasteiger partial charge < -0.3 is 5.21 Å². The van der Waals surface area contributed by atoms with Crippen LogP contribution in [0.2, 0.25) is 0 Å². The van der Waals surface area contributed by atoms with Gasteiger partial charge in [0, 0.05) is 6.07 Å². The number of halogens is 1. The molecule has 0 fully saturated rings. The maximum atomic E-state index is 11.0. The molecule has 72 valence electrons. The highest BCUT2D eigenvalue weighted by Crippen LogP contribution is 2.25. The Balaban J connectivity index is 2.82. The zero-order valence-corrected chi connectivity index (χ0v) is 8.19. The summed E-state index contributed by atoms with van der Waals surface area (Å²) in [6, 6.07) is 2.47. The van der Waals surface area contributed by atoms with Gasteiger partial charge >= 0.3 is 0 Å². The lowest BCUT2D eigenvalue weighted by molar-refractivity contribution is -0.644. The van der Waals surface area contributed by atoms with Crippen LogP contribution in [0.1, 0.15) is 0 Å². The van der Waals surface area contributed by atoms with Crippen molar-refractivity contribution in [3.8, 4) is 0 Å². The molecule has 0 amide bonds. The van der Waals surface area contributed by atoms with E-state index >= 15 is 0 Å². The van der Waals surface area contributed by atoms with Gasteiger partial charge in [0.1, 0.15) is 0 Å². The van der Waals surface area contributed by atoms with Crippen LogP contribution in [0.4, 0.5) is 5.69 Å². The Morgan fingerprint density at radius 3 is 2.93 bits per heavy atom. The summed E-state index contributed by atoms with van der Waals surface area (Å²) in [5, 5.41) is 27.3. The summed E-state index contributed by atoms with van der Waals surface area (Å²) in [4.78, 5) is 10.2. The molecule has 7 nitrogen and oxygen atoms in total. The van der Waals surface area contributed by atoms with Crippen LogP contribution in [0, 0.1) is 15.3 Å². The SMILES string of the molecule is O=[N+]([O-])c1cc(Br)c2[nH]n[n+]([O-])c2c1. The first-order valence-electron chi connectivity index (χ1n) is 3.51. The normalized spacial score (nSPS) is 10.6. The number of nitro groups is 1. The Hall–Kier alpha value is -1.70. The summed E-state index contributed by atoms with van der Waals surface area (Å²) < 4.78 is 0.434. The van der Waals surface area contributed by atoms with E-state index in [4.69, 9.17) is 0 Å². The molecule has 0 atom stereocenters. The molecule has 0 radical (unpaired) electrons. The molecule has 0 spiro atoms. The van der Waals surface area contributed by atoms with Crippen molar-refractivity contribution < 1.29 is 9.77 Å². The van der Waals surface area contributed by atoms with E-state index in [-0.39, 0.29) is 11.2 Å². The van der Waals surface area contributed by atoms with Gasteiger partial charge in [-0.25, -0.2) is 0 Å². The van der Waals surface area contributed by atoms with Gasteiger partial charge in [-0.15, -0.1) is 9.94 Å². The van der Waals surface area contributed by atoms with Crippen molar-refractivity contribution in [1.82, 2.24) is 10.3 Å². The minimum atomic E-state index is -0.572. The Labute approximate surface area is 85.2 Å². The average Bonchev–Trinajstić information content (AvgIpc) is 2.48. The molecule has 0 unspecified atom stereocenters. The molecule has 0 saturated heterocycles. The molecule has 2 rings (SSSR count). The molecule has 14 heavy (non-hydrogen) atoms. The molecule has 0 aliphatic rings. The van der Waals surface area contributed by atoms with E-state index in [0.29, 0.717) is 14.8 Å². The summed E-state index contributed by atoms with van der Waals surface area (Å²) in [7, 11) is 0. The number of nitrogens with one attached hydrogen (secondary N) is 1. The first-order valence-corrected chi connectivity index (χ1v) is 4.31. The van der Waals surface area contributed by atoms with E-state index in [9.17, 15) is 15.3 Å². The number of hydrogen-bond acceptors (Lipinski definition) is 4. The highest BCUT2D eigenvalue weighted by molar-refractivity contribution is 9.10. The quantitative estimate of drug-likeness (QED) is 0.355. The first-order chi connectivity index (χ1) is 6.59. The topological polar surface area (TPSA) is 98.8 Å². The largest absolute Gasteiger partial charge is 0.691 e. The van der Waals surface area contributed by atoms with Crippen LogP contribution in [-0.2, 0) is 0 Å². The monoisotopic (exact) mass is 258 g/mol. The zero-order valence-electron chi connectivity index (χ0n) is 6.60. The number of nitro benzene ring substituents is 1. The summed E-state index contributed by atoms with van der Waals surface area (Å²) in [5.74, 6) is 0. The van der Waals surface area contributed by atoms with Gasteiger partial charge in [0.25, 0.3) is 5.69 Å². The molecule has 1 heterocycles. The minimum absolute atomic E-state index is 0.131. The van der Waals surface area contributed by atoms with Crippen LogP contribution in [0.3, 0.4) is 0 Å². The summed E-state index contributed by atoms with van der Waals surface area (Å²) in [6.07, 6.45) is 0. The molecule has 8 heteroatoms. The summed E-state index contributed by atoms with van der Waals surface area (Å²) in [6.45, 7) is 0. The number of fused-ring (bicyclic) bond motifs is 1. The van der Waals surface area contributed by atoms with E-state index in [1.54, 1.807) is 0 Å². The van der Waals surface area contributed by atoms with Gasteiger partial charge in [-0.05, 0) is 15.9 Å². The number of non-ortho nitro benzene ring substituents is 1. The Bertz CT molecular complexity index is 523. The first kappa shape index (κ1) is 8.88. The molecule has 2 aromatic rings. The Kier molecular flexibility index (Phi) is 1.84. The fraction of sp³-hybridized carbons (Fsp3) is 0. The number of benzene rings is 1. The van der Waals surface area contributed by atoms with Crippen LogP contribution in [0.15, 0.2) is 16.6 Å². The van der Waals surface area contributed by atoms with Crippen molar-refractivity contribution in [1.29, 1.82) is 0 Å². The van der Waals surface area contributed by atoms with Gasteiger partial charge in [-0.2, -0.15) is 0 Å². The lowest BCUT2D eigenvalue weighted by Gasteiger charge is -1.94. The van der Waals surface area contributed by atoms with E-state index in [1.807, 2.05) is 0 Å². The summed E-state index contributed by atoms with van der Waals surface area (Å²) in [5.41, 5.74) is 0.409. The third-order valence-corrected chi connectivity index (χ3v) is 2.35. The molecule has 1 aromatic carbocycles. The molecule has 0 saturated carbocycles. The predicted octanol–water partition coefficient (Wildman–Crippen LogP) is 0.867. The maximum absolute atomic E-state index is 11.0. The lowest BCUT2D eigenvalue weighted by Crippen LogP contribution is -2.27.